The third-order valence-electron chi connectivity index (χ3n) is 16.9. The van der Waals surface area contributed by atoms with E-state index < -0.39 is 155 Å². The van der Waals surface area contributed by atoms with E-state index in [9.17, 15) is 88.9 Å². The summed E-state index contributed by atoms with van der Waals surface area (Å²) < 4.78 is 161. The molecule has 21 atom stereocenters. The van der Waals surface area contributed by atoms with E-state index in [1.54, 1.807) is 14.0 Å². The summed E-state index contributed by atoms with van der Waals surface area (Å²) in [5.74, 6) is -0.870. The first kappa shape index (κ1) is 99.7. The molecule has 3 rings (SSSR count). The first-order valence-corrected chi connectivity index (χ1v) is 42.3. The Morgan fingerprint density at radius 2 is 0.632 bits per heavy atom. The number of methoxy groups -OCH3 is 1. The van der Waals surface area contributed by atoms with Gasteiger partial charge in [0.2, 0.25) is 0 Å². The van der Waals surface area contributed by atoms with Gasteiger partial charge in [0, 0.05) is 78.4 Å². The number of phosphoric ester groups is 4. The lowest BCUT2D eigenvalue weighted by Crippen LogP contribution is -2.62. The van der Waals surface area contributed by atoms with Crippen LogP contribution in [0.15, 0.2) is 0 Å². The summed E-state index contributed by atoms with van der Waals surface area (Å²) >= 11 is 0. The fourth-order valence-corrected chi connectivity index (χ4v) is 13.8. The van der Waals surface area contributed by atoms with Crippen molar-refractivity contribution in [2.24, 2.45) is 28.7 Å². The van der Waals surface area contributed by atoms with Gasteiger partial charge in [0.15, 0.2) is 18.9 Å². The molecule has 106 heavy (non-hydrogen) atoms. The number of aliphatic hydroxyl groups excluding tert-OH is 10. The summed E-state index contributed by atoms with van der Waals surface area (Å²) in [7, 11) is -16.9. The highest BCUT2D eigenvalue weighted by molar-refractivity contribution is 7.48. The van der Waals surface area contributed by atoms with Crippen molar-refractivity contribution in [3.05, 3.63) is 0 Å². The minimum Gasteiger partial charge on any atom is -0.396 e. The second-order valence-corrected chi connectivity index (χ2v) is 31.9. The van der Waals surface area contributed by atoms with Gasteiger partial charge >= 0.3 is 31.3 Å². The molecule has 3 fully saturated rings. The highest BCUT2D eigenvalue weighted by Crippen LogP contribution is 2.47. The molecule has 0 aromatic carbocycles. The number of nitrogens with two attached hydrogens (primary N) is 2. The smallest absolute Gasteiger partial charge is 0.396 e. The van der Waals surface area contributed by atoms with Crippen LogP contribution in [-0.2, 0) is 111 Å². The van der Waals surface area contributed by atoms with Gasteiger partial charge in [0.05, 0.1) is 136 Å². The SMILES string of the molecule is COCCCOCC(CO)COCCCOP(=O)(O)OCC(COCCCOP(=O)(O)OCCCCCCO[C@@H]1OC(CO)[C@H](O)[C@H](O)C1N)(COCCCOP(=O)(O)OCCCCCCO[C@@H]1OC(CO)[C@H](O)C(O)[C@@H]1C)COCCCOP(=O)(O)OCCCCCCO[C@@H]1OC(CO)[C@H](O)C(O)[C@@H]1N. The van der Waals surface area contributed by atoms with Crippen LogP contribution in [0.25, 0.3) is 0 Å². The molecule has 0 spiro atoms. The zero-order valence-corrected chi connectivity index (χ0v) is 64.7. The van der Waals surface area contributed by atoms with Crippen molar-refractivity contribution in [2.45, 2.75) is 202 Å². The minimum atomic E-state index is -4.87. The van der Waals surface area contributed by atoms with Crippen LogP contribution in [0.3, 0.4) is 0 Å². The first-order valence-electron chi connectivity index (χ1n) is 36.3. The van der Waals surface area contributed by atoms with Crippen LogP contribution >= 0.6 is 31.3 Å². The van der Waals surface area contributed by atoms with Gasteiger partial charge in [0.1, 0.15) is 48.8 Å². The van der Waals surface area contributed by atoms with E-state index in [-0.39, 0.29) is 164 Å². The highest BCUT2D eigenvalue weighted by Gasteiger charge is 2.46. The summed E-state index contributed by atoms with van der Waals surface area (Å²) in [6, 6.07) is -2.08. The summed E-state index contributed by atoms with van der Waals surface area (Å²) in [4.78, 5) is 42.2. The standard InChI is InChI=1S/C62H126N2O38P4/c1-46-53(69)54(70)48(37-66)100-59(46)89-26-9-3-6-12-29-92-103(75,76)95-33-17-23-86-42-62(45-99-106(81,82)98-32-16-22-85-41-47(36-65)40-84-21-15-20-83-2,43-87-24-18-34-96-104(77,78)93-30-13-7-4-10-27-90-60-51(63)57(73)55(71)49(38-67)101-60)44-88-25-19-35-97-105(79,80)94-31-14-8-5-11-28-91-61-52(64)58(74)56(72)50(39-68)102-61/h46-61,65-74H,3-45,63-64H2,1-2H3,(H,75,76)(H,77,78)(H,79,80)(H,81,82)/t46-,47?,48?,49?,50?,51-,52?,53?,54-,55-,56-,57?,58+,59+,60+,61+,62?/m0/s1. The number of rotatable bonds is 68. The molecule has 12 unspecified atom stereocenters. The molecule has 0 aromatic rings. The molecule has 3 heterocycles. The molecule has 0 saturated carbocycles. The van der Waals surface area contributed by atoms with Crippen molar-refractivity contribution in [3.63, 3.8) is 0 Å². The Kier molecular flexibility index (Phi) is 53.3. The van der Waals surface area contributed by atoms with E-state index in [4.69, 9.17) is 104 Å². The van der Waals surface area contributed by atoms with E-state index in [2.05, 4.69) is 0 Å². The molecule has 44 heteroatoms. The van der Waals surface area contributed by atoms with E-state index in [1.165, 1.54) is 0 Å². The largest absolute Gasteiger partial charge is 0.472 e. The van der Waals surface area contributed by atoms with Crippen LogP contribution < -0.4 is 11.5 Å². The number of hydrogen-bond acceptors (Lipinski definition) is 36. The summed E-state index contributed by atoms with van der Waals surface area (Å²) in [5, 5.41) is 98.8. The second-order valence-electron chi connectivity index (χ2n) is 26.1. The average molecular weight is 1630 g/mol. The fraction of sp³-hybridized carbons (Fsp3) is 1.00. The number of aliphatic hydroxyl groups is 10. The molecule has 40 nitrogen and oxygen atoms in total. The Morgan fingerprint density at radius 3 is 0.962 bits per heavy atom. The van der Waals surface area contributed by atoms with Crippen molar-refractivity contribution >= 4 is 31.3 Å². The maximum absolute atomic E-state index is 13.5. The normalized spacial score (nSPS) is 28.4. The number of phosphoric acid groups is 4. The summed E-state index contributed by atoms with van der Waals surface area (Å²) in [5.41, 5.74) is 10.4. The average Bonchev–Trinajstić information content (AvgIpc) is 0.832. The lowest BCUT2D eigenvalue weighted by Gasteiger charge is -2.40. The van der Waals surface area contributed by atoms with Gasteiger partial charge < -0.3 is 139 Å². The summed E-state index contributed by atoms with van der Waals surface area (Å²) in [6.45, 7) is -1.82. The second kappa shape index (κ2) is 56.7. The molecule has 18 N–H and O–H groups in total. The number of ether oxygens (including phenoxy) is 12. The Labute approximate surface area is 620 Å². The Morgan fingerprint density at radius 1 is 0.349 bits per heavy atom. The van der Waals surface area contributed by atoms with Gasteiger partial charge in [-0.2, -0.15) is 0 Å². The van der Waals surface area contributed by atoms with Crippen LogP contribution in [0.2, 0.25) is 0 Å². The monoisotopic (exact) mass is 1630 g/mol. The molecule has 3 saturated heterocycles. The van der Waals surface area contributed by atoms with E-state index >= 15 is 0 Å². The van der Waals surface area contributed by atoms with Crippen molar-refractivity contribution < 1.29 is 182 Å². The minimum absolute atomic E-state index is 0.0196. The van der Waals surface area contributed by atoms with Crippen molar-refractivity contribution in [2.75, 3.05) is 179 Å². The lowest BCUT2D eigenvalue weighted by atomic mass is 9.92. The first-order chi connectivity index (χ1) is 50.6. The Hall–Kier alpha value is -0.520. The van der Waals surface area contributed by atoms with Crippen LogP contribution in [0.4, 0.5) is 0 Å². The van der Waals surface area contributed by atoms with Gasteiger partial charge in [-0.15, -0.1) is 0 Å². The van der Waals surface area contributed by atoms with Gasteiger partial charge in [0.25, 0.3) is 0 Å². The highest BCUT2D eigenvalue weighted by atomic mass is 31.2. The molecule has 0 amide bonds. The zero-order valence-electron chi connectivity index (χ0n) is 61.1. The van der Waals surface area contributed by atoms with Gasteiger partial charge in [-0.25, -0.2) is 18.3 Å². The van der Waals surface area contributed by atoms with Crippen LogP contribution in [0, 0.1) is 17.3 Å². The predicted molar refractivity (Wildman–Crippen MR) is 371 cm³/mol. The molecule has 3 aliphatic rings. The van der Waals surface area contributed by atoms with Crippen molar-refractivity contribution in [3.8, 4) is 0 Å². The maximum Gasteiger partial charge on any atom is 0.472 e. The molecular weight excluding hydrogens is 1500 g/mol. The van der Waals surface area contributed by atoms with Crippen LogP contribution in [0.5, 0.6) is 0 Å². The Balaban J connectivity index is 1.59. The van der Waals surface area contributed by atoms with Crippen LogP contribution in [0.1, 0.15) is 116 Å². The number of unbranched alkanes of at least 4 members (excludes halogenated alkanes) is 9. The topological polar surface area (TPSA) is 588 Å². The quantitative estimate of drug-likeness (QED) is 0.0284. The van der Waals surface area contributed by atoms with E-state index in [0.29, 0.717) is 96.7 Å². The fourth-order valence-electron chi connectivity index (χ4n) is 10.5. The Bertz CT molecular complexity index is 2190. The van der Waals surface area contributed by atoms with Crippen molar-refractivity contribution in [1.29, 1.82) is 0 Å². The van der Waals surface area contributed by atoms with E-state index in [1.807, 2.05) is 0 Å². The maximum atomic E-state index is 13.5. The van der Waals surface area contributed by atoms with E-state index in [0.717, 1.165) is 0 Å². The van der Waals surface area contributed by atoms with Gasteiger partial charge in [-0.1, -0.05) is 45.4 Å². The van der Waals surface area contributed by atoms with Crippen molar-refractivity contribution in [1.82, 2.24) is 0 Å². The third-order valence-corrected chi connectivity index (χ3v) is 20.9. The lowest BCUT2D eigenvalue weighted by molar-refractivity contribution is -0.282. The number of hydrogen-bond donors (Lipinski definition) is 16. The molecule has 3 aliphatic heterocycles. The molecule has 0 bridgehead atoms. The van der Waals surface area contributed by atoms with Gasteiger partial charge in [-0.05, 0) is 70.6 Å². The zero-order chi connectivity index (χ0) is 78.3. The molecule has 0 aromatic heterocycles. The van der Waals surface area contributed by atoms with Crippen LogP contribution in [-0.4, -0.2) is 335 Å². The molecule has 0 aliphatic carbocycles. The third kappa shape index (κ3) is 42.2. The molecule has 0 radical (unpaired) electrons. The van der Waals surface area contributed by atoms with Gasteiger partial charge in [-0.3, -0.25) is 36.2 Å². The molecule has 632 valence electrons. The summed E-state index contributed by atoms with van der Waals surface area (Å²) in [6.07, 6.45) is -6.73. The molecular formula is C62H126N2O38P4. The predicted octanol–water partition coefficient (Wildman–Crippen LogP) is 0.134.